The number of benzene rings is 1. The molecule has 23 heavy (non-hydrogen) atoms. The average Bonchev–Trinajstić information content (AvgIpc) is 2.55. The summed E-state index contributed by atoms with van der Waals surface area (Å²) < 4.78 is 38.4. The Morgan fingerprint density at radius 1 is 1.30 bits per heavy atom. The first-order valence-electron chi connectivity index (χ1n) is 8.01. The number of carbonyl (C=O) groups excluding carboxylic acids is 1. The van der Waals surface area contributed by atoms with Gasteiger partial charge in [0.2, 0.25) is 5.82 Å². The van der Waals surface area contributed by atoms with Crippen LogP contribution in [-0.4, -0.2) is 19.0 Å². The summed E-state index contributed by atoms with van der Waals surface area (Å²) >= 11 is 0. The molecule has 1 aliphatic rings. The fourth-order valence-electron chi connectivity index (χ4n) is 2.56. The fraction of sp³-hybridized carbons (Fsp3) is 0.500. The van der Waals surface area contributed by atoms with Crippen molar-refractivity contribution < 1.29 is 23.0 Å². The molecule has 1 heterocycles. The molecular formula is C18H22F2O3. The summed E-state index contributed by atoms with van der Waals surface area (Å²) in [6, 6.07) is 2.77. The van der Waals surface area contributed by atoms with Gasteiger partial charge in [0.25, 0.3) is 0 Å². The fourth-order valence-corrected chi connectivity index (χ4v) is 2.56. The van der Waals surface area contributed by atoms with Crippen molar-refractivity contribution >= 4 is 5.78 Å². The normalized spacial score (nSPS) is 17.4. The molecule has 0 bridgehead atoms. The van der Waals surface area contributed by atoms with E-state index in [1.165, 1.54) is 12.1 Å². The highest BCUT2D eigenvalue weighted by Gasteiger charge is 2.24. The Labute approximate surface area is 135 Å². The second kappa shape index (κ2) is 8.09. The lowest BCUT2D eigenvalue weighted by Crippen LogP contribution is -2.25. The van der Waals surface area contributed by atoms with E-state index in [2.05, 4.69) is 6.92 Å². The van der Waals surface area contributed by atoms with Crippen LogP contribution in [0, 0.1) is 17.6 Å². The quantitative estimate of drug-likeness (QED) is 0.754. The maximum atomic E-state index is 14.0. The molecule has 2 rings (SSSR count). The third kappa shape index (κ3) is 4.30. The highest BCUT2D eigenvalue weighted by Crippen LogP contribution is 2.25. The van der Waals surface area contributed by atoms with Crippen LogP contribution in [0.25, 0.3) is 0 Å². The van der Waals surface area contributed by atoms with Gasteiger partial charge in [0.1, 0.15) is 5.78 Å². The van der Waals surface area contributed by atoms with E-state index in [1.54, 1.807) is 6.92 Å². The molecule has 1 aliphatic heterocycles. The van der Waals surface area contributed by atoms with Gasteiger partial charge in [0.15, 0.2) is 11.6 Å². The van der Waals surface area contributed by atoms with Gasteiger partial charge in [-0.25, -0.2) is 4.39 Å². The molecule has 0 aromatic heterocycles. The van der Waals surface area contributed by atoms with Crippen LogP contribution in [0.1, 0.15) is 38.7 Å². The van der Waals surface area contributed by atoms with Crippen LogP contribution in [0.5, 0.6) is 5.75 Å². The van der Waals surface area contributed by atoms with Crippen LogP contribution >= 0.6 is 0 Å². The average molecular weight is 324 g/mol. The molecule has 1 aromatic rings. The lowest BCUT2D eigenvalue weighted by Gasteiger charge is -2.22. The van der Waals surface area contributed by atoms with Gasteiger partial charge >= 0.3 is 0 Å². The number of hydrogen-bond acceptors (Lipinski definition) is 3. The Balaban J connectivity index is 2.02. The van der Waals surface area contributed by atoms with Gasteiger partial charge in [-0.05, 0) is 37.5 Å². The Morgan fingerprint density at radius 3 is 2.70 bits per heavy atom. The standard InChI is InChI=1S/C18H22F2O3/c1-3-5-14-8-6-13(11-23-14)15(21)10-12-7-9-16(22-4-2)18(20)17(12)19/h7-9,13H,3-6,10-11H2,1-2H3. The lowest BCUT2D eigenvalue weighted by molar-refractivity contribution is -0.124. The number of rotatable bonds is 7. The van der Waals surface area contributed by atoms with E-state index < -0.39 is 11.6 Å². The zero-order chi connectivity index (χ0) is 16.8. The van der Waals surface area contributed by atoms with Crippen molar-refractivity contribution in [1.29, 1.82) is 0 Å². The van der Waals surface area contributed by atoms with Crippen molar-refractivity contribution in [2.24, 2.45) is 5.92 Å². The minimum Gasteiger partial charge on any atom is -0.498 e. The second-order valence-electron chi connectivity index (χ2n) is 5.59. The van der Waals surface area contributed by atoms with Crippen LogP contribution in [0.4, 0.5) is 8.78 Å². The molecular weight excluding hydrogens is 302 g/mol. The molecule has 1 unspecified atom stereocenters. The van der Waals surface area contributed by atoms with Crippen LogP contribution in [-0.2, 0) is 16.0 Å². The Bertz CT molecular complexity index is 596. The molecule has 0 radical (unpaired) electrons. The molecule has 0 N–H and O–H groups in total. The molecule has 0 amide bonds. The molecule has 1 atom stereocenters. The Morgan fingerprint density at radius 2 is 2.09 bits per heavy atom. The molecule has 126 valence electrons. The zero-order valence-electron chi connectivity index (χ0n) is 13.5. The Kier molecular flexibility index (Phi) is 6.13. The minimum absolute atomic E-state index is 0.0549. The van der Waals surface area contributed by atoms with Crippen LogP contribution < -0.4 is 4.74 Å². The summed E-state index contributed by atoms with van der Waals surface area (Å²) in [4.78, 5) is 12.3. The van der Waals surface area contributed by atoms with Crippen molar-refractivity contribution in [3.8, 4) is 5.75 Å². The van der Waals surface area contributed by atoms with E-state index in [-0.39, 0.29) is 36.0 Å². The van der Waals surface area contributed by atoms with Crippen LogP contribution in [0.3, 0.4) is 0 Å². The van der Waals surface area contributed by atoms with E-state index >= 15 is 0 Å². The summed E-state index contributed by atoms with van der Waals surface area (Å²) in [6.07, 6.45) is 4.22. The van der Waals surface area contributed by atoms with Gasteiger partial charge in [-0.1, -0.05) is 13.0 Å². The summed E-state index contributed by atoms with van der Waals surface area (Å²) in [6.45, 7) is 4.31. The summed E-state index contributed by atoms with van der Waals surface area (Å²) in [5, 5.41) is 0. The topological polar surface area (TPSA) is 35.5 Å². The Hall–Kier alpha value is -1.91. The first-order valence-corrected chi connectivity index (χ1v) is 8.01. The van der Waals surface area contributed by atoms with E-state index in [0.29, 0.717) is 13.0 Å². The van der Waals surface area contributed by atoms with Crippen molar-refractivity contribution in [2.75, 3.05) is 13.2 Å². The van der Waals surface area contributed by atoms with E-state index in [4.69, 9.17) is 9.47 Å². The molecule has 0 spiro atoms. The van der Waals surface area contributed by atoms with Crippen LogP contribution in [0.15, 0.2) is 24.0 Å². The molecule has 0 fully saturated rings. The van der Waals surface area contributed by atoms with Gasteiger partial charge in [0, 0.05) is 12.8 Å². The predicted molar refractivity (Wildman–Crippen MR) is 83.3 cm³/mol. The largest absolute Gasteiger partial charge is 0.498 e. The minimum atomic E-state index is -1.04. The molecule has 0 aliphatic carbocycles. The maximum absolute atomic E-state index is 14.0. The van der Waals surface area contributed by atoms with Crippen LogP contribution in [0.2, 0.25) is 0 Å². The molecule has 1 aromatic carbocycles. The monoisotopic (exact) mass is 324 g/mol. The van der Waals surface area contributed by atoms with Crippen molar-refractivity contribution in [3.63, 3.8) is 0 Å². The molecule has 0 saturated carbocycles. The van der Waals surface area contributed by atoms with E-state index in [1.807, 2.05) is 6.08 Å². The van der Waals surface area contributed by atoms with Gasteiger partial charge in [-0.15, -0.1) is 0 Å². The highest BCUT2D eigenvalue weighted by atomic mass is 19.2. The number of hydrogen-bond donors (Lipinski definition) is 0. The summed E-state index contributed by atoms with van der Waals surface area (Å²) in [5.74, 6) is -1.71. The number of Topliss-reactive ketones (excluding diaryl/α,β-unsaturated/α-hetero) is 1. The number of ether oxygens (including phenoxy) is 2. The third-order valence-corrected chi connectivity index (χ3v) is 3.84. The van der Waals surface area contributed by atoms with E-state index in [0.717, 1.165) is 18.6 Å². The number of carbonyl (C=O) groups is 1. The number of ketones is 1. The van der Waals surface area contributed by atoms with Gasteiger partial charge in [-0.3, -0.25) is 4.79 Å². The van der Waals surface area contributed by atoms with Crippen molar-refractivity contribution in [2.45, 2.75) is 39.5 Å². The zero-order valence-corrected chi connectivity index (χ0v) is 13.5. The smallest absolute Gasteiger partial charge is 0.200 e. The third-order valence-electron chi connectivity index (χ3n) is 3.84. The summed E-state index contributed by atoms with van der Waals surface area (Å²) in [5.41, 5.74) is 0.0549. The van der Waals surface area contributed by atoms with Gasteiger partial charge in [0.05, 0.1) is 24.9 Å². The maximum Gasteiger partial charge on any atom is 0.200 e. The van der Waals surface area contributed by atoms with Gasteiger partial charge < -0.3 is 9.47 Å². The number of halogens is 2. The highest BCUT2D eigenvalue weighted by molar-refractivity contribution is 5.83. The lowest BCUT2D eigenvalue weighted by atomic mass is 9.93. The molecule has 3 nitrogen and oxygen atoms in total. The first kappa shape index (κ1) is 17.4. The predicted octanol–water partition coefficient (Wildman–Crippen LogP) is 4.20. The molecule has 0 saturated heterocycles. The van der Waals surface area contributed by atoms with E-state index in [9.17, 15) is 13.6 Å². The second-order valence-corrected chi connectivity index (χ2v) is 5.59. The SMILES string of the molecule is CCCC1=CCC(C(=O)Cc2ccc(OCC)c(F)c2F)CO1. The first-order chi connectivity index (χ1) is 11.1. The number of allylic oxidation sites excluding steroid dienone is 2. The molecule has 5 heteroatoms. The summed E-state index contributed by atoms with van der Waals surface area (Å²) in [7, 11) is 0. The van der Waals surface area contributed by atoms with Gasteiger partial charge in [-0.2, -0.15) is 4.39 Å². The van der Waals surface area contributed by atoms with Crippen molar-refractivity contribution in [3.05, 3.63) is 41.2 Å². The van der Waals surface area contributed by atoms with Crippen molar-refractivity contribution in [1.82, 2.24) is 0 Å².